The fraction of sp³-hybridized carbons (Fsp3) is 0.267. The van der Waals surface area contributed by atoms with Crippen molar-refractivity contribution in [3.8, 4) is 0 Å². The summed E-state index contributed by atoms with van der Waals surface area (Å²) in [7, 11) is 1.92. The molecule has 1 N–H and O–H groups in total. The van der Waals surface area contributed by atoms with E-state index in [0.29, 0.717) is 4.90 Å². The zero-order valence-corrected chi connectivity index (χ0v) is 13.5. The van der Waals surface area contributed by atoms with Crippen molar-refractivity contribution in [2.24, 2.45) is 0 Å². The number of nitrogens with one attached hydrogen (secondary N) is 1. The second kappa shape index (κ2) is 7.76. The molecule has 1 heterocycles. The third kappa shape index (κ3) is 4.58. The highest BCUT2D eigenvalue weighted by molar-refractivity contribution is 9.10. The van der Waals surface area contributed by atoms with E-state index in [-0.39, 0.29) is 11.9 Å². The van der Waals surface area contributed by atoms with E-state index in [1.807, 2.05) is 31.3 Å². The van der Waals surface area contributed by atoms with Gasteiger partial charge in [0.25, 0.3) is 0 Å². The second-order valence-electron chi connectivity index (χ2n) is 4.40. The van der Waals surface area contributed by atoms with Gasteiger partial charge in [0.1, 0.15) is 5.82 Å². The molecule has 20 heavy (non-hydrogen) atoms. The zero-order chi connectivity index (χ0) is 14.4. The van der Waals surface area contributed by atoms with Gasteiger partial charge in [-0.3, -0.25) is 4.98 Å². The number of nitrogens with zero attached hydrogens (tertiary/aromatic N) is 1. The molecule has 0 saturated heterocycles. The highest BCUT2D eigenvalue weighted by Gasteiger charge is 2.10. The first-order chi connectivity index (χ1) is 9.69. The van der Waals surface area contributed by atoms with E-state index in [9.17, 15) is 4.39 Å². The Morgan fingerprint density at radius 3 is 2.75 bits per heavy atom. The van der Waals surface area contributed by atoms with Crippen LogP contribution in [0.5, 0.6) is 0 Å². The van der Waals surface area contributed by atoms with E-state index in [4.69, 9.17) is 0 Å². The molecule has 1 atom stereocenters. The lowest BCUT2D eigenvalue weighted by Gasteiger charge is -2.15. The average molecular weight is 355 g/mol. The van der Waals surface area contributed by atoms with Crippen LogP contribution in [0.3, 0.4) is 0 Å². The summed E-state index contributed by atoms with van der Waals surface area (Å²) in [6.07, 6.45) is 2.62. The molecule has 5 heteroatoms. The largest absolute Gasteiger partial charge is 0.316 e. The van der Waals surface area contributed by atoms with Crippen LogP contribution in [0.15, 0.2) is 52.0 Å². The minimum Gasteiger partial charge on any atom is -0.316 e. The van der Waals surface area contributed by atoms with Crippen LogP contribution in [-0.4, -0.2) is 23.8 Å². The lowest BCUT2D eigenvalue weighted by molar-refractivity contribution is 0.596. The Balaban J connectivity index is 1.92. The fourth-order valence-electron chi connectivity index (χ4n) is 1.78. The molecule has 0 aliphatic rings. The molecule has 0 bridgehead atoms. The summed E-state index contributed by atoms with van der Waals surface area (Å²) >= 11 is 4.90. The van der Waals surface area contributed by atoms with Crippen molar-refractivity contribution in [3.05, 3.63) is 58.6 Å². The van der Waals surface area contributed by atoms with Crippen LogP contribution in [-0.2, 0) is 6.42 Å². The molecule has 0 radical (unpaired) electrons. The number of hydrogen-bond donors (Lipinski definition) is 1. The number of halogens is 2. The first-order valence-corrected chi connectivity index (χ1v) is 8.12. The van der Waals surface area contributed by atoms with Gasteiger partial charge in [-0.25, -0.2) is 4.39 Å². The van der Waals surface area contributed by atoms with Crippen LogP contribution < -0.4 is 5.32 Å². The minimum absolute atomic E-state index is 0.158. The van der Waals surface area contributed by atoms with Crippen molar-refractivity contribution >= 4 is 27.7 Å². The minimum atomic E-state index is -0.158. The summed E-state index contributed by atoms with van der Waals surface area (Å²) in [5.41, 5.74) is 1.03. The zero-order valence-electron chi connectivity index (χ0n) is 11.1. The van der Waals surface area contributed by atoms with Crippen molar-refractivity contribution in [1.29, 1.82) is 0 Å². The van der Waals surface area contributed by atoms with E-state index in [2.05, 4.69) is 26.2 Å². The summed E-state index contributed by atoms with van der Waals surface area (Å²) < 4.78 is 14.5. The molecule has 0 amide bonds. The molecule has 0 fully saturated rings. The van der Waals surface area contributed by atoms with E-state index < -0.39 is 0 Å². The van der Waals surface area contributed by atoms with Gasteiger partial charge >= 0.3 is 0 Å². The molecule has 2 nitrogen and oxygen atoms in total. The first kappa shape index (κ1) is 15.5. The third-order valence-corrected chi connectivity index (χ3v) is 4.61. The van der Waals surface area contributed by atoms with Gasteiger partial charge in [0, 0.05) is 39.5 Å². The van der Waals surface area contributed by atoms with Gasteiger partial charge in [0.15, 0.2) is 0 Å². The van der Waals surface area contributed by atoms with Gasteiger partial charge in [0.2, 0.25) is 0 Å². The van der Waals surface area contributed by atoms with Gasteiger partial charge < -0.3 is 5.32 Å². The number of thioether (sulfide) groups is 1. The quantitative estimate of drug-likeness (QED) is 0.796. The molecular weight excluding hydrogens is 339 g/mol. The molecule has 2 rings (SSSR count). The summed E-state index contributed by atoms with van der Waals surface area (Å²) in [5.74, 6) is 0.643. The van der Waals surface area contributed by atoms with E-state index in [1.165, 1.54) is 17.8 Å². The van der Waals surface area contributed by atoms with Crippen LogP contribution in [0.2, 0.25) is 0 Å². The average Bonchev–Trinajstić information content (AvgIpc) is 2.47. The molecule has 0 aliphatic carbocycles. The summed E-state index contributed by atoms with van der Waals surface area (Å²) in [6.45, 7) is 0. The van der Waals surface area contributed by atoms with Crippen LogP contribution in [0.4, 0.5) is 4.39 Å². The Morgan fingerprint density at radius 1 is 1.30 bits per heavy atom. The number of aromatic nitrogens is 1. The standard InChI is InChI=1S/C15H16BrFN2S/c1-18-13(8-12-7-6-11(16)9-19-12)10-20-15-5-3-2-4-14(15)17/h2-7,9,13,18H,8,10H2,1H3. The lowest BCUT2D eigenvalue weighted by Crippen LogP contribution is -2.30. The molecule has 1 aromatic carbocycles. The number of rotatable bonds is 6. The molecule has 1 unspecified atom stereocenters. The van der Waals surface area contributed by atoms with Gasteiger partial charge in [-0.2, -0.15) is 0 Å². The molecule has 0 spiro atoms. The molecule has 106 valence electrons. The number of likely N-dealkylation sites (N-methyl/N-ethyl adjacent to an activating group) is 1. The van der Waals surface area contributed by atoms with Crippen molar-refractivity contribution in [3.63, 3.8) is 0 Å². The Kier molecular flexibility index (Phi) is 6.01. The highest BCUT2D eigenvalue weighted by atomic mass is 79.9. The molecule has 0 saturated carbocycles. The summed E-state index contributed by atoms with van der Waals surface area (Å²) in [4.78, 5) is 5.06. The van der Waals surface area contributed by atoms with E-state index in [1.54, 1.807) is 12.3 Å². The maximum absolute atomic E-state index is 13.6. The van der Waals surface area contributed by atoms with Crippen molar-refractivity contribution in [1.82, 2.24) is 10.3 Å². The lowest BCUT2D eigenvalue weighted by atomic mass is 10.2. The Bertz CT molecular complexity index is 548. The molecule has 2 aromatic rings. The molecule has 1 aromatic heterocycles. The maximum atomic E-state index is 13.6. The van der Waals surface area contributed by atoms with Gasteiger partial charge in [-0.1, -0.05) is 12.1 Å². The highest BCUT2D eigenvalue weighted by Crippen LogP contribution is 2.22. The topological polar surface area (TPSA) is 24.9 Å². The maximum Gasteiger partial charge on any atom is 0.136 e. The Hall–Kier alpha value is -0.910. The van der Waals surface area contributed by atoms with Crippen LogP contribution in [0, 0.1) is 5.82 Å². The fourth-order valence-corrected chi connectivity index (χ4v) is 3.06. The van der Waals surface area contributed by atoms with Crippen molar-refractivity contribution in [2.75, 3.05) is 12.8 Å². The van der Waals surface area contributed by atoms with Crippen LogP contribution >= 0.6 is 27.7 Å². The second-order valence-corrected chi connectivity index (χ2v) is 6.38. The Morgan fingerprint density at radius 2 is 2.10 bits per heavy atom. The SMILES string of the molecule is CNC(CSc1ccccc1F)Cc1ccc(Br)cn1. The van der Waals surface area contributed by atoms with Crippen LogP contribution in [0.1, 0.15) is 5.69 Å². The van der Waals surface area contributed by atoms with Crippen molar-refractivity contribution < 1.29 is 4.39 Å². The predicted molar refractivity (Wildman–Crippen MR) is 85.6 cm³/mol. The summed E-state index contributed by atoms with van der Waals surface area (Å²) in [5, 5.41) is 3.26. The smallest absolute Gasteiger partial charge is 0.136 e. The number of hydrogen-bond acceptors (Lipinski definition) is 3. The predicted octanol–water partition coefficient (Wildman–Crippen LogP) is 3.91. The van der Waals surface area contributed by atoms with Crippen LogP contribution in [0.25, 0.3) is 0 Å². The van der Waals surface area contributed by atoms with Gasteiger partial charge in [0.05, 0.1) is 0 Å². The molecular formula is C15H16BrFN2S. The Labute approximate surface area is 131 Å². The summed E-state index contributed by atoms with van der Waals surface area (Å²) in [6, 6.07) is 11.1. The van der Waals surface area contributed by atoms with E-state index >= 15 is 0 Å². The first-order valence-electron chi connectivity index (χ1n) is 6.34. The van der Waals surface area contributed by atoms with Gasteiger partial charge in [-0.15, -0.1) is 11.8 Å². The normalized spacial score (nSPS) is 12.3. The van der Waals surface area contributed by atoms with E-state index in [0.717, 1.165) is 22.3 Å². The number of benzene rings is 1. The monoisotopic (exact) mass is 354 g/mol. The van der Waals surface area contributed by atoms with Crippen molar-refractivity contribution in [2.45, 2.75) is 17.4 Å². The third-order valence-electron chi connectivity index (χ3n) is 2.93. The molecule has 0 aliphatic heterocycles. The number of pyridine rings is 1. The van der Waals surface area contributed by atoms with Gasteiger partial charge in [-0.05, 0) is 47.2 Å².